The average Bonchev–Trinajstić information content (AvgIpc) is 2.38. The van der Waals surface area contributed by atoms with E-state index in [0.717, 1.165) is 21.9 Å². The monoisotopic (exact) mass is 222 g/mol. The first-order valence-corrected chi connectivity index (χ1v) is 5.45. The van der Waals surface area contributed by atoms with Crippen LogP contribution in [-0.2, 0) is 0 Å². The SMILES string of the molecule is C=C/C(Oc1ccccc1)=c1/ccccc1=C. The highest BCUT2D eigenvalue weighted by Crippen LogP contribution is 2.12. The second kappa shape index (κ2) is 5.17. The molecule has 0 radical (unpaired) electrons. The van der Waals surface area contributed by atoms with Gasteiger partial charge in [-0.25, -0.2) is 0 Å². The lowest BCUT2D eigenvalue weighted by Crippen LogP contribution is -2.26. The smallest absolute Gasteiger partial charge is 0.134 e. The van der Waals surface area contributed by atoms with Gasteiger partial charge in [0.1, 0.15) is 11.5 Å². The maximum Gasteiger partial charge on any atom is 0.134 e. The van der Waals surface area contributed by atoms with Crippen molar-refractivity contribution < 1.29 is 4.74 Å². The van der Waals surface area contributed by atoms with Gasteiger partial charge in [0.25, 0.3) is 0 Å². The van der Waals surface area contributed by atoms with E-state index in [2.05, 4.69) is 13.2 Å². The van der Waals surface area contributed by atoms with Gasteiger partial charge >= 0.3 is 0 Å². The molecule has 0 saturated heterocycles. The Morgan fingerprint density at radius 3 is 2.24 bits per heavy atom. The summed E-state index contributed by atoms with van der Waals surface area (Å²) in [4.78, 5) is 0. The molecule has 2 rings (SSSR count). The molecule has 0 aromatic heterocycles. The van der Waals surface area contributed by atoms with Crippen molar-refractivity contribution >= 4 is 12.3 Å². The number of para-hydroxylation sites is 1. The lowest BCUT2D eigenvalue weighted by Gasteiger charge is -2.06. The minimum atomic E-state index is 0.724. The molecule has 0 aliphatic rings. The summed E-state index contributed by atoms with van der Waals surface area (Å²) in [5.74, 6) is 1.52. The number of ether oxygens (including phenoxy) is 1. The third-order valence-corrected chi connectivity index (χ3v) is 2.44. The molecule has 0 spiro atoms. The molecule has 0 fully saturated rings. The predicted octanol–water partition coefficient (Wildman–Crippen LogP) is 2.47. The summed E-state index contributed by atoms with van der Waals surface area (Å²) in [5.41, 5.74) is 0. The van der Waals surface area contributed by atoms with Gasteiger partial charge in [0.2, 0.25) is 0 Å². The molecule has 0 N–H and O–H groups in total. The van der Waals surface area contributed by atoms with E-state index in [9.17, 15) is 0 Å². The van der Waals surface area contributed by atoms with Crippen molar-refractivity contribution in [1.82, 2.24) is 0 Å². The summed E-state index contributed by atoms with van der Waals surface area (Å²) in [6, 6.07) is 17.5. The molecule has 1 nitrogen and oxygen atoms in total. The Labute approximate surface area is 101 Å². The van der Waals surface area contributed by atoms with Gasteiger partial charge in [-0.3, -0.25) is 0 Å². The van der Waals surface area contributed by atoms with Gasteiger partial charge in [-0.05, 0) is 23.4 Å². The number of rotatable bonds is 3. The van der Waals surface area contributed by atoms with E-state index < -0.39 is 0 Å². The van der Waals surface area contributed by atoms with Crippen LogP contribution in [0.15, 0.2) is 67.3 Å². The van der Waals surface area contributed by atoms with Crippen LogP contribution < -0.4 is 15.2 Å². The summed E-state index contributed by atoms with van der Waals surface area (Å²) in [6.45, 7) is 7.77. The van der Waals surface area contributed by atoms with E-state index in [-0.39, 0.29) is 0 Å². The molecule has 0 aliphatic carbocycles. The van der Waals surface area contributed by atoms with Gasteiger partial charge in [-0.15, -0.1) is 0 Å². The van der Waals surface area contributed by atoms with Crippen LogP contribution in [0.25, 0.3) is 12.3 Å². The van der Waals surface area contributed by atoms with Crippen LogP contribution in [-0.4, -0.2) is 0 Å². The van der Waals surface area contributed by atoms with Gasteiger partial charge in [0.15, 0.2) is 0 Å². The summed E-state index contributed by atoms with van der Waals surface area (Å²) in [7, 11) is 0. The maximum absolute atomic E-state index is 5.79. The molecule has 0 heterocycles. The Balaban J connectivity index is 2.49. The van der Waals surface area contributed by atoms with Crippen LogP contribution in [0.4, 0.5) is 0 Å². The first-order valence-electron chi connectivity index (χ1n) is 5.45. The van der Waals surface area contributed by atoms with Crippen molar-refractivity contribution in [1.29, 1.82) is 0 Å². The first kappa shape index (κ1) is 11.2. The van der Waals surface area contributed by atoms with Crippen LogP contribution in [0.2, 0.25) is 0 Å². The highest BCUT2D eigenvalue weighted by atomic mass is 16.5. The second-order valence-corrected chi connectivity index (χ2v) is 3.64. The van der Waals surface area contributed by atoms with Crippen LogP contribution in [0.5, 0.6) is 5.75 Å². The van der Waals surface area contributed by atoms with Crippen molar-refractivity contribution in [3.8, 4) is 5.75 Å². The van der Waals surface area contributed by atoms with Crippen LogP contribution in [0, 0.1) is 0 Å². The maximum atomic E-state index is 5.79. The fraction of sp³-hybridized carbons (Fsp3) is 0. The minimum absolute atomic E-state index is 0.724. The van der Waals surface area contributed by atoms with E-state index in [0.29, 0.717) is 0 Å². The Kier molecular flexibility index (Phi) is 3.41. The standard InChI is InChI=1S/C16H14O/c1-3-16(15-12-8-7-9-13(15)2)17-14-10-5-4-6-11-14/h3-12H,1-2H2/b16-15+. The van der Waals surface area contributed by atoms with E-state index in [1.165, 1.54) is 0 Å². The van der Waals surface area contributed by atoms with E-state index in [1.807, 2.05) is 54.6 Å². The number of hydrogen-bond donors (Lipinski definition) is 0. The topological polar surface area (TPSA) is 9.23 Å². The van der Waals surface area contributed by atoms with Crippen molar-refractivity contribution in [3.63, 3.8) is 0 Å². The lowest BCUT2D eigenvalue weighted by atomic mass is 10.2. The van der Waals surface area contributed by atoms with Gasteiger partial charge in [-0.1, -0.05) is 55.6 Å². The highest BCUT2D eigenvalue weighted by Gasteiger charge is 1.97. The second-order valence-electron chi connectivity index (χ2n) is 3.64. The zero-order valence-corrected chi connectivity index (χ0v) is 9.60. The molecule has 2 aromatic rings. The third kappa shape index (κ3) is 2.64. The largest absolute Gasteiger partial charge is 0.457 e. The van der Waals surface area contributed by atoms with Gasteiger partial charge in [0.05, 0.1) is 0 Å². The molecular weight excluding hydrogens is 208 g/mol. The van der Waals surface area contributed by atoms with Gasteiger partial charge in [0, 0.05) is 5.22 Å². The third-order valence-electron chi connectivity index (χ3n) is 2.44. The Bertz CT molecular complexity index is 611. The molecule has 2 aromatic carbocycles. The minimum Gasteiger partial charge on any atom is -0.457 e. The molecular formula is C16H14O. The summed E-state index contributed by atoms with van der Waals surface area (Å²) >= 11 is 0. The lowest BCUT2D eigenvalue weighted by molar-refractivity contribution is 0.515. The molecule has 17 heavy (non-hydrogen) atoms. The molecule has 0 bridgehead atoms. The van der Waals surface area contributed by atoms with E-state index in [1.54, 1.807) is 6.08 Å². The van der Waals surface area contributed by atoms with Crippen molar-refractivity contribution in [2.24, 2.45) is 0 Å². The quantitative estimate of drug-likeness (QED) is 0.775. The van der Waals surface area contributed by atoms with Crippen LogP contribution >= 0.6 is 0 Å². The Morgan fingerprint density at radius 1 is 0.941 bits per heavy atom. The number of hydrogen-bond acceptors (Lipinski definition) is 1. The fourth-order valence-corrected chi connectivity index (χ4v) is 1.58. The number of benzene rings is 2. The molecule has 0 unspecified atom stereocenters. The normalized spacial score (nSPS) is 11.8. The molecule has 0 amide bonds. The molecule has 0 saturated carbocycles. The fourth-order valence-electron chi connectivity index (χ4n) is 1.58. The Hall–Kier alpha value is -2.28. The molecule has 0 aliphatic heterocycles. The Morgan fingerprint density at radius 2 is 1.59 bits per heavy atom. The van der Waals surface area contributed by atoms with E-state index >= 15 is 0 Å². The van der Waals surface area contributed by atoms with Crippen molar-refractivity contribution in [2.45, 2.75) is 0 Å². The van der Waals surface area contributed by atoms with Gasteiger partial charge < -0.3 is 4.74 Å². The van der Waals surface area contributed by atoms with Crippen molar-refractivity contribution in [2.75, 3.05) is 0 Å². The predicted molar refractivity (Wildman–Crippen MR) is 71.9 cm³/mol. The highest BCUT2D eigenvalue weighted by molar-refractivity contribution is 5.52. The molecule has 1 heteroatoms. The average molecular weight is 222 g/mol. The summed E-state index contributed by atoms with van der Waals surface area (Å²) in [5, 5.41) is 1.89. The van der Waals surface area contributed by atoms with Gasteiger partial charge in [-0.2, -0.15) is 0 Å². The zero-order chi connectivity index (χ0) is 12.1. The molecule has 0 atom stereocenters. The summed E-state index contributed by atoms with van der Waals surface area (Å²) in [6.07, 6.45) is 1.71. The van der Waals surface area contributed by atoms with Crippen molar-refractivity contribution in [3.05, 3.63) is 77.7 Å². The van der Waals surface area contributed by atoms with E-state index in [4.69, 9.17) is 4.74 Å². The first-order chi connectivity index (χ1) is 8.31. The molecule has 84 valence electrons. The summed E-state index contributed by atoms with van der Waals surface area (Å²) < 4.78 is 5.79. The van der Waals surface area contributed by atoms with Crippen LogP contribution in [0.3, 0.4) is 0 Å². The van der Waals surface area contributed by atoms with Crippen LogP contribution in [0.1, 0.15) is 0 Å². The zero-order valence-electron chi connectivity index (χ0n) is 9.60.